The Labute approximate surface area is 319 Å². The Balaban J connectivity index is 1.31. The number of carbonyl (C=O) groups excluding carboxylic acids is 4. The number of hydrogen-bond acceptors (Lipinski definition) is 9. The minimum Gasteiger partial charge on any atom is -0.465 e. The van der Waals surface area contributed by atoms with Gasteiger partial charge in [0.25, 0.3) is 0 Å². The highest BCUT2D eigenvalue weighted by molar-refractivity contribution is 7.89. The van der Waals surface area contributed by atoms with Crippen LogP contribution in [0.3, 0.4) is 0 Å². The number of piperidine rings is 2. The summed E-state index contributed by atoms with van der Waals surface area (Å²) >= 11 is 0. The van der Waals surface area contributed by atoms with Gasteiger partial charge in [0, 0.05) is 38.6 Å². The zero-order valence-electron chi connectivity index (χ0n) is 32.2. The Bertz CT molecular complexity index is 1580. The van der Waals surface area contributed by atoms with Gasteiger partial charge < -0.3 is 35.0 Å². The molecule has 4 rings (SSSR count). The first kappa shape index (κ1) is 42.8. The third kappa shape index (κ3) is 13.1. The second-order valence-corrected chi connectivity index (χ2v) is 17.4. The molecule has 0 radical (unpaired) electrons. The average molecular weight is 778 g/mol. The van der Waals surface area contributed by atoms with Crippen LogP contribution in [0.5, 0.6) is 0 Å². The Hall–Kier alpha value is -3.92. The maximum absolute atomic E-state index is 13.6. The lowest BCUT2D eigenvalue weighted by atomic mass is 9.84. The summed E-state index contributed by atoms with van der Waals surface area (Å²) in [5, 5.41) is 14.6. The minimum absolute atomic E-state index is 0.0167. The molecular weight excluding hydrogens is 719 g/mol. The van der Waals surface area contributed by atoms with Crippen molar-refractivity contribution in [1.82, 2.24) is 25.2 Å². The van der Waals surface area contributed by atoms with E-state index in [1.54, 1.807) is 24.0 Å². The monoisotopic (exact) mass is 777 g/mol. The summed E-state index contributed by atoms with van der Waals surface area (Å²) in [4.78, 5) is 66.3. The van der Waals surface area contributed by atoms with Gasteiger partial charge in [-0.3, -0.25) is 14.4 Å². The fourth-order valence-corrected chi connectivity index (χ4v) is 8.64. The van der Waals surface area contributed by atoms with Crippen LogP contribution in [-0.2, 0) is 46.7 Å². The second-order valence-electron chi connectivity index (χ2n) is 15.7. The molecule has 0 saturated carbocycles. The summed E-state index contributed by atoms with van der Waals surface area (Å²) in [6.45, 7) is 8.46. The Morgan fingerprint density at radius 2 is 1.48 bits per heavy atom. The first-order valence-corrected chi connectivity index (χ1v) is 20.8. The fraction of sp³-hybridized carbons (Fsp3) is 0.711. The smallest absolute Gasteiger partial charge is 0.410 e. The standard InChI is InChI=1S/C38H59N5O10S/c1-5-52-35(46)32(41-54(50,51)31-14-13-28-7-6-8-30(28)23-31)24-39-33(44)25-40-34(45)29(11-9-26-15-19-42(20-16-26)36(47)48)12-10-27-17-21-43(22-18-27)37(49)53-38(2,3)4/h13-14,23,26-27,29,32,41H,5-12,15-22,24-25H2,1-4H3,(H,39,44)(H,40,45)(H,47,48)/t29?,32-/m0/s1. The van der Waals surface area contributed by atoms with Gasteiger partial charge in [-0.15, -0.1) is 0 Å². The van der Waals surface area contributed by atoms with Crippen LogP contribution in [-0.4, -0.2) is 111 Å². The van der Waals surface area contributed by atoms with Crippen molar-refractivity contribution in [2.45, 2.75) is 115 Å². The topological polar surface area (TPSA) is 201 Å². The van der Waals surface area contributed by atoms with Crippen LogP contribution in [0.2, 0.25) is 0 Å². The Kier molecular flexibility index (Phi) is 15.5. The lowest BCUT2D eigenvalue weighted by Crippen LogP contribution is -2.50. The molecule has 1 unspecified atom stereocenters. The van der Waals surface area contributed by atoms with Crippen LogP contribution in [0, 0.1) is 17.8 Å². The van der Waals surface area contributed by atoms with Crippen LogP contribution in [0.25, 0.3) is 0 Å². The number of ether oxygens (including phenoxy) is 2. The van der Waals surface area contributed by atoms with Gasteiger partial charge in [0.1, 0.15) is 11.6 Å². The van der Waals surface area contributed by atoms with Crippen molar-refractivity contribution < 1.29 is 47.0 Å². The van der Waals surface area contributed by atoms with Gasteiger partial charge in [-0.05, 0) is 133 Å². The summed E-state index contributed by atoms with van der Waals surface area (Å²) < 4.78 is 39.5. The molecule has 1 aromatic carbocycles. The van der Waals surface area contributed by atoms with Crippen molar-refractivity contribution in [3.05, 3.63) is 29.3 Å². The van der Waals surface area contributed by atoms with Gasteiger partial charge in [0.15, 0.2) is 0 Å². The van der Waals surface area contributed by atoms with Crippen LogP contribution in [0.4, 0.5) is 9.59 Å². The molecule has 3 aliphatic rings. The Morgan fingerprint density at radius 3 is 2.06 bits per heavy atom. The molecule has 15 nitrogen and oxygen atoms in total. The first-order chi connectivity index (χ1) is 25.5. The molecule has 302 valence electrons. The molecule has 2 heterocycles. The van der Waals surface area contributed by atoms with E-state index in [0.29, 0.717) is 44.9 Å². The molecule has 0 bridgehead atoms. The minimum atomic E-state index is -4.11. The van der Waals surface area contributed by atoms with E-state index in [4.69, 9.17) is 9.47 Å². The molecule has 4 N–H and O–H groups in total. The third-order valence-corrected chi connectivity index (χ3v) is 12.0. The van der Waals surface area contributed by atoms with Crippen molar-refractivity contribution in [3.8, 4) is 0 Å². The van der Waals surface area contributed by atoms with Crippen molar-refractivity contribution >= 4 is 40.0 Å². The number of sulfonamides is 1. The maximum Gasteiger partial charge on any atom is 0.410 e. The first-order valence-electron chi connectivity index (χ1n) is 19.4. The van der Waals surface area contributed by atoms with Crippen molar-refractivity contribution in [3.63, 3.8) is 0 Å². The van der Waals surface area contributed by atoms with Gasteiger partial charge in [-0.25, -0.2) is 18.0 Å². The summed E-state index contributed by atoms with van der Waals surface area (Å²) in [6, 6.07) is 3.52. The number of aryl methyl sites for hydroxylation is 2. The van der Waals surface area contributed by atoms with Crippen LogP contribution in [0.15, 0.2) is 23.1 Å². The summed E-state index contributed by atoms with van der Waals surface area (Å²) in [5.74, 6) is -1.48. The lowest BCUT2D eigenvalue weighted by Gasteiger charge is -2.34. The van der Waals surface area contributed by atoms with E-state index in [-0.39, 0.29) is 48.4 Å². The predicted octanol–water partition coefficient (Wildman–Crippen LogP) is 3.83. The molecule has 2 atom stereocenters. The number of carbonyl (C=O) groups is 5. The average Bonchev–Trinajstić information content (AvgIpc) is 3.60. The highest BCUT2D eigenvalue weighted by Crippen LogP contribution is 2.30. The number of nitrogens with zero attached hydrogens (tertiary/aromatic N) is 2. The quantitative estimate of drug-likeness (QED) is 0.179. The van der Waals surface area contributed by atoms with Crippen molar-refractivity contribution in [1.29, 1.82) is 0 Å². The van der Waals surface area contributed by atoms with E-state index in [1.807, 2.05) is 20.8 Å². The molecule has 2 saturated heterocycles. The number of rotatable bonds is 16. The molecule has 54 heavy (non-hydrogen) atoms. The van der Waals surface area contributed by atoms with Crippen molar-refractivity contribution in [2.75, 3.05) is 45.9 Å². The van der Waals surface area contributed by atoms with E-state index in [0.717, 1.165) is 68.9 Å². The molecule has 0 spiro atoms. The molecule has 2 fully saturated rings. The number of hydrogen-bond donors (Lipinski definition) is 4. The molecule has 1 aromatic rings. The summed E-state index contributed by atoms with van der Waals surface area (Å²) in [5.41, 5.74) is 1.49. The number of benzene rings is 1. The van der Waals surface area contributed by atoms with Gasteiger partial charge in [0.2, 0.25) is 21.8 Å². The van der Waals surface area contributed by atoms with Gasteiger partial charge in [-0.1, -0.05) is 6.07 Å². The summed E-state index contributed by atoms with van der Waals surface area (Å²) in [6.07, 6.45) is 7.11. The number of carboxylic acid groups (broad SMARTS) is 1. The number of esters is 1. The van der Waals surface area contributed by atoms with Gasteiger partial charge in [-0.2, -0.15) is 4.72 Å². The predicted molar refractivity (Wildman–Crippen MR) is 200 cm³/mol. The number of likely N-dealkylation sites (tertiary alicyclic amines) is 2. The van der Waals surface area contributed by atoms with Crippen LogP contribution >= 0.6 is 0 Å². The summed E-state index contributed by atoms with van der Waals surface area (Å²) in [7, 11) is -4.11. The number of fused-ring (bicyclic) bond motifs is 1. The number of nitrogens with one attached hydrogen (secondary N) is 3. The molecule has 2 aliphatic heterocycles. The lowest BCUT2D eigenvalue weighted by molar-refractivity contribution is -0.145. The molecule has 1 aliphatic carbocycles. The van der Waals surface area contributed by atoms with Gasteiger partial charge >= 0.3 is 18.2 Å². The highest BCUT2D eigenvalue weighted by Gasteiger charge is 2.31. The third-order valence-electron chi connectivity index (χ3n) is 10.5. The van der Waals surface area contributed by atoms with Crippen molar-refractivity contribution in [2.24, 2.45) is 17.8 Å². The zero-order chi connectivity index (χ0) is 39.5. The molecule has 4 amide bonds. The van der Waals surface area contributed by atoms with E-state index in [2.05, 4.69) is 15.4 Å². The molecular formula is C38H59N5O10S. The maximum atomic E-state index is 13.6. The fourth-order valence-electron chi connectivity index (χ4n) is 7.40. The van der Waals surface area contributed by atoms with Crippen LogP contribution < -0.4 is 15.4 Å². The Morgan fingerprint density at radius 1 is 0.889 bits per heavy atom. The normalized spacial score (nSPS) is 18.0. The highest BCUT2D eigenvalue weighted by atomic mass is 32.2. The van der Waals surface area contributed by atoms with E-state index < -0.39 is 39.6 Å². The largest absolute Gasteiger partial charge is 0.465 e. The number of amides is 4. The molecule has 16 heteroatoms. The van der Waals surface area contributed by atoms with E-state index in [9.17, 15) is 37.5 Å². The van der Waals surface area contributed by atoms with E-state index in [1.165, 1.54) is 11.0 Å². The molecule has 0 aromatic heterocycles. The van der Waals surface area contributed by atoms with Crippen LogP contribution in [0.1, 0.15) is 96.6 Å². The zero-order valence-corrected chi connectivity index (χ0v) is 33.0. The SMILES string of the molecule is CCOC(=O)[C@H](CNC(=O)CNC(=O)C(CCC1CCN(C(=O)O)CC1)CCC1CCN(C(=O)OC(C)(C)C)CC1)NS(=O)(=O)c1ccc2c(c1)CCC2. The van der Waals surface area contributed by atoms with Gasteiger partial charge in [0.05, 0.1) is 18.0 Å². The van der Waals surface area contributed by atoms with E-state index >= 15 is 0 Å². The second kappa shape index (κ2) is 19.6.